The fraction of sp³-hybridized carbons (Fsp3) is 0.364. The maximum absolute atomic E-state index is 11.3. The molecule has 0 spiro atoms. The predicted molar refractivity (Wildman–Crippen MR) is 129 cm³/mol. The van der Waals surface area contributed by atoms with Crippen molar-refractivity contribution < 1.29 is 14.3 Å². The summed E-state index contributed by atoms with van der Waals surface area (Å²) in [5.74, 6) is -0.0660. The maximum Gasteiger partial charge on any atom is 0.246 e. The van der Waals surface area contributed by atoms with Gasteiger partial charge in [0.25, 0.3) is 0 Å². The van der Waals surface area contributed by atoms with E-state index in [1.807, 2.05) is 43.3 Å². The number of hydrogen-bond donors (Lipinski definition) is 2. The molecule has 2 aromatic rings. The van der Waals surface area contributed by atoms with Gasteiger partial charge in [0.1, 0.15) is 11.6 Å². The minimum absolute atomic E-state index is 0.0660. The highest BCUT2D eigenvalue weighted by molar-refractivity contribution is 9.10. The Balaban J connectivity index is 0.000000171. The van der Waals surface area contributed by atoms with Crippen LogP contribution in [0.1, 0.15) is 25.0 Å². The Bertz CT molecular complexity index is 867. The number of ether oxygens (including phenoxy) is 2. The zero-order chi connectivity index (χ0) is 21.8. The van der Waals surface area contributed by atoms with Gasteiger partial charge in [0.05, 0.1) is 30.9 Å². The van der Waals surface area contributed by atoms with Crippen LogP contribution in [0.4, 0.5) is 0 Å². The molecule has 1 amide bonds. The summed E-state index contributed by atoms with van der Waals surface area (Å²) < 4.78 is 12.8. The van der Waals surface area contributed by atoms with Crippen molar-refractivity contribution in [1.82, 2.24) is 10.6 Å². The topological polar surface area (TPSA) is 59.6 Å². The standard InChI is InChI=1S/C11H12BrNO2.C11H12BrNOS/c1-11(7-15-6-10(14)13-11)8-3-2-4-9(12)5-8;1-11(7-14-6-10(15)13-11)8-3-2-4-9(12)5-8/h2-5H,6-7H2,1H3,(H,13,14);2-5H,6-7H2,1H3,(H,13,15). The second-order valence-electron chi connectivity index (χ2n) is 7.77. The first-order chi connectivity index (χ1) is 14.2. The van der Waals surface area contributed by atoms with Gasteiger partial charge >= 0.3 is 0 Å². The Kier molecular flexibility index (Phi) is 7.68. The molecule has 0 aromatic heterocycles. The largest absolute Gasteiger partial charge is 0.372 e. The second-order valence-corrected chi connectivity index (χ2v) is 10.1. The molecule has 160 valence electrons. The van der Waals surface area contributed by atoms with Gasteiger partial charge in [-0.1, -0.05) is 68.3 Å². The molecule has 2 unspecified atom stereocenters. The van der Waals surface area contributed by atoms with Gasteiger partial charge in [0, 0.05) is 8.95 Å². The lowest BCUT2D eigenvalue weighted by molar-refractivity contribution is -0.135. The van der Waals surface area contributed by atoms with Crippen molar-refractivity contribution >= 4 is 55.0 Å². The number of amides is 1. The van der Waals surface area contributed by atoms with Crippen molar-refractivity contribution in [2.24, 2.45) is 0 Å². The maximum atomic E-state index is 11.3. The second kappa shape index (κ2) is 9.87. The van der Waals surface area contributed by atoms with Crippen LogP contribution in [0.3, 0.4) is 0 Å². The van der Waals surface area contributed by atoms with E-state index in [4.69, 9.17) is 21.7 Å². The van der Waals surface area contributed by atoms with Gasteiger partial charge < -0.3 is 20.1 Å². The van der Waals surface area contributed by atoms with Crippen LogP contribution in [0.15, 0.2) is 57.5 Å². The van der Waals surface area contributed by atoms with E-state index in [0.717, 1.165) is 19.5 Å². The van der Waals surface area contributed by atoms with Crippen molar-refractivity contribution in [3.05, 3.63) is 68.6 Å². The average Bonchev–Trinajstić information content (AvgIpc) is 2.68. The molecule has 0 saturated carbocycles. The fourth-order valence-corrected chi connectivity index (χ4v) is 4.54. The van der Waals surface area contributed by atoms with Crippen LogP contribution in [0.2, 0.25) is 0 Å². The molecule has 30 heavy (non-hydrogen) atoms. The van der Waals surface area contributed by atoms with Crippen molar-refractivity contribution in [3.63, 3.8) is 0 Å². The molecule has 0 aliphatic carbocycles. The zero-order valence-electron chi connectivity index (χ0n) is 16.8. The van der Waals surface area contributed by atoms with Crippen molar-refractivity contribution in [2.75, 3.05) is 26.4 Å². The van der Waals surface area contributed by atoms with Crippen LogP contribution in [0, 0.1) is 0 Å². The summed E-state index contributed by atoms with van der Waals surface area (Å²) in [5.41, 5.74) is 1.60. The number of carbonyl (C=O) groups excluding carboxylic acids is 1. The van der Waals surface area contributed by atoms with Gasteiger partial charge in [-0.05, 0) is 49.2 Å². The molecule has 0 bridgehead atoms. The lowest BCUT2D eigenvalue weighted by Gasteiger charge is -2.36. The summed E-state index contributed by atoms with van der Waals surface area (Å²) in [6.45, 7) is 5.90. The van der Waals surface area contributed by atoms with E-state index in [2.05, 4.69) is 61.5 Å². The third-order valence-electron chi connectivity index (χ3n) is 5.00. The van der Waals surface area contributed by atoms with Crippen molar-refractivity contribution in [1.29, 1.82) is 0 Å². The lowest BCUT2D eigenvalue weighted by atomic mass is 9.92. The first-order valence-electron chi connectivity index (χ1n) is 9.50. The van der Waals surface area contributed by atoms with Crippen LogP contribution in [0.25, 0.3) is 0 Å². The number of nitrogens with one attached hydrogen (secondary N) is 2. The molecular formula is C22H24Br2N2O3S. The smallest absolute Gasteiger partial charge is 0.246 e. The van der Waals surface area contributed by atoms with Gasteiger partial charge in [-0.2, -0.15) is 0 Å². The summed E-state index contributed by atoms with van der Waals surface area (Å²) in [6.07, 6.45) is 0. The molecule has 2 atom stereocenters. The lowest BCUT2D eigenvalue weighted by Crippen LogP contribution is -2.52. The van der Waals surface area contributed by atoms with Gasteiger partial charge in [0.2, 0.25) is 5.91 Å². The van der Waals surface area contributed by atoms with Crippen LogP contribution < -0.4 is 10.6 Å². The van der Waals surface area contributed by atoms with Crippen molar-refractivity contribution in [2.45, 2.75) is 24.9 Å². The number of carbonyl (C=O) groups is 1. The van der Waals surface area contributed by atoms with Crippen LogP contribution in [-0.2, 0) is 25.3 Å². The highest BCUT2D eigenvalue weighted by Crippen LogP contribution is 2.27. The van der Waals surface area contributed by atoms with E-state index >= 15 is 0 Å². The predicted octanol–water partition coefficient (Wildman–Crippen LogP) is 4.42. The monoisotopic (exact) mass is 554 g/mol. The Hall–Kier alpha value is -1.32. The summed E-state index contributed by atoms with van der Waals surface area (Å²) in [5, 5.41) is 6.27. The number of halogens is 2. The van der Waals surface area contributed by atoms with E-state index in [9.17, 15) is 4.79 Å². The molecule has 2 N–H and O–H groups in total. The van der Waals surface area contributed by atoms with Gasteiger partial charge in [-0.15, -0.1) is 0 Å². The fourth-order valence-electron chi connectivity index (χ4n) is 3.43. The molecule has 5 nitrogen and oxygen atoms in total. The first kappa shape index (κ1) is 23.3. The zero-order valence-corrected chi connectivity index (χ0v) is 20.8. The minimum Gasteiger partial charge on any atom is -0.372 e. The van der Waals surface area contributed by atoms with E-state index < -0.39 is 5.54 Å². The molecule has 0 radical (unpaired) electrons. The van der Waals surface area contributed by atoms with Crippen LogP contribution >= 0.6 is 44.1 Å². The average molecular weight is 556 g/mol. The van der Waals surface area contributed by atoms with Crippen LogP contribution in [-0.4, -0.2) is 37.3 Å². The Morgan fingerprint density at radius 3 is 1.83 bits per heavy atom. The molecule has 2 aromatic carbocycles. The molecule has 2 fully saturated rings. The van der Waals surface area contributed by atoms with E-state index in [1.54, 1.807) is 0 Å². The SMILES string of the molecule is CC1(c2cccc(Br)c2)COCC(=O)N1.CC1(c2cccc(Br)c2)COCC(=S)N1. The summed E-state index contributed by atoms with van der Waals surface area (Å²) in [7, 11) is 0. The number of benzene rings is 2. The van der Waals surface area contributed by atoms with Gasteiger partial charge in [-0.3, -0.25) is 4.79 Å². The highest BCUT2D eigenvalue weighted by Gasteiger charge is 2.33. The van der Waals surface area contributed by atoms with Crippen LogP contribution in [0.5, 0.6) is 0 Å². The molecular weight excluding hydrogens is 532 g/mol. The summed E-state index contributed by atoms with van der Waals surface area (Å²) >= 11 is 12.0. The third-order valence-corrected chi connectivity index (χ3v) is 6.21. The molecule has 2 saturated heterocycles. The Morgan fingerprint density at radius 1 is 0.867 bits per heavy atom. The number of hydrogen-bond acceptors (Lipinski definition) is 4. The molecule has 2 heterocycles. The molecule has 2 aliphatic heterocycles. The summed E-state index contributed by atoms with van der Waals surface area (Å²) in [4.78, 5) is 12.1. The number of rotatable bonds is 2. The number of thiocarbonyl (C=S) groups is 1. The first-order valence-corrected chi connectivity index (χ1v) is 11.5. The Morgan fingerprint density at radius 2 is 1.37 bits per heavy atom. The van der Waals surface area contributed by atoms with Crippen molar-refractivity contribution in [3.8, 4) is 0 Å². The molecule has 8 heteroatoms. The van der Waals surface area contributed by atoms with Gasteiger partial charge in [0.15, 0.2) is 0 Å². The number of morpholine rings is 2. The van der Waals surface area contributed by atoms with Gasteiger partial charge in [-0.25, -0.2) is 0 Å². The molecule has 4 rings (SSSR count). The van der Waals surface area contributed by atoms with E-state index in [0.29, 0.717) is 19.8 Å². The quantitative estimate of drug-likeness (QED) is 0.537. The third kappa shape index (κ3) is 5.88. The normalized spacial score (nSPS) is 26.1. The summed E-state index contributed by atoms with van der Waals surface area (Å²) in [6, 6.07) is 16.1. The van der Waals surface area contributed by atoms with E-state index in [1.165, 1.54) is 5.56 Å². The minimum atomic E-state index is -0.418. The van der Waals surface area contributed by atoms with E-state index in [-0.39, 0.29) is 18.1 Å². The molecule has 2 aliphatic rings. The Labute approximate surface area is 199 Å². The highest BCUT2D eigenvalue weighted by atomic mass is 79.9.